The Bertz CT molecular complexity index is 1210. The van der Waals surface area contributed by atoms with Gasteiger partial charge in [-0.15, -0.1) is 0 Å². The zero-order valence-electron chi connectivity index (χ0n) is 14.9. The number of nitrogens with zero attached hydrogens (tertiary/aromatic N) is 3. The summed E-state index contributed by atoms with van der Waals surface area (Å²) >= 11 is 0. The number of H-pyrrole nitrogens is 1. The molecule has 0 aliphatic heterocycles. The Hall–Kier alpha value is -3.76. The van der Waals surface area contributed by atoms with E-state index in [1.807, 2.05) is 0 Å². The third-order valence-corrected chi connectivity index (χ3v) is 4.29. The highest BCUT2D eigenvalue weighted by Crippen LogP contribution is 2.36. The largest absolute Gasteiger partial charge is 0.418 e. The van der Waals surface area contributed by atoms with E-state index in [0.717, 1.165) is 12.1 Å². The van der Waals surface area contributed by atoms with Crippen molar-refractivity contribution in [3.63, 3.8) is 0 Å². The quantitative estimate of drug-likeness (QED) is 0.458. The molecule has 154 valence electrons. The zero-order valence-corrected chi connectivity index (χ0v) is 14.9. The minimum Gasteiger partial charge on any atom is -0.337 e. The second kappa shape index (κ2) is 7.25. The Labute approximate surface area is 165 Å². The molecule has 1 amide bonds. The van der Waals surface area contributed by atoms with Gasteiger partial charge in [-0.1, -0.05) is 0 Å². The first-order valence-corrected chi connectivity index (χ1v) is 8.53. The molecule has 0 fully saturated rings. The first kappa shape index (κ1) is 19.6. The summed E-state index contributed by atoms with van der Waals surface area (Å²) in [4.78, 5) is 18.6. The van der Waals surface area contributed by atoms with Crippen molar-refractivity contribution in [3.05, 3.63) is 71.8 Å². The Morgan fingerprint density at radius 1 is 1.13 bits per heavy atom. The normalized spacial score (nSPS) is 11.9. The third kappa shape index (κ3) is 3.73. The fourth-order valence-corrected chi connectivity index (χ4v) is 2.91. The van der Waals surface area contributed by atoms with E-state index in [4.69, 9.17) is 0 Å². The molecule has 2 N–H and O–H groups in total. The lowest BCUT2D eigenvalue weighted by atomic mass is 10.1. The number of alkyl halides is 5. The van der Waals surface area contributed by atoms with E-state index in [2.05, 4.69) is 20.4 Å². The van der Waals surface area contributed by atoms with E-state index >= 15 is 0 Å². The Balaban J connectivity index is 1.66. The molecule has 0 saturated heterocycles. The van der Waals surface area contributed by atoms with Crippen molar-refractivity contribution in [2.75, 3.05) is 5.32 Å². The monoisotopic (exact) mass is 421 g/mol. The van der Waals surface area contributed by atoms with Gasteiger partial charge < -0.3 is 10.3 Å². The summed E-state index contributed by atoms with van der Waals surface area (Å²) in [6, 6.07) is 8.81. The van der Waals surface area contributed by atoms with Crippen LogP contribution in [-0.4, -0.2) is 25.7 Å². The molecule has 11 heteroatoms. The standard InChI is InChI=1S/C19H12F5N5O/c20-16(21)17-26-14-4-2-10(8-15(14)27-17)18(30)28-13-5-3-11(29-7-1-6-25-29)9-12(13)19(22,23)24/h1-9,16H,(H,26,27)(H,28,30). The van der Waals surface area contributed by atoms with Crippen molar-refractivity contribution in [2.24, 2.45) is 0 Å². The van der Waals surface area contributed by atoms with Crippen LogP contribution in [0.15, 0.2) is 54.9 Å². The Morgan fingerprint density at radius 3 is 2.60 bits per heavy atom. The number of hydrogen-bond donors (Lipinski definition) is 2. The van der Waals surface area contributed by atoms with E-state index < -0.39 is 35.6 Å². The minimum atomic E-state index is -4.73. The summed E-state index contributed by atoms with van der Waals surface area (Å²) in [5.41, 5.74) is -0.961. The van der Waals surface area contributed by atoms with Gasteiger partial charge in [0.1, 0.15) is 0 Å². The summed E-state index contributed by atoms with van der Waals surface area (Å²) in [5, 5.41) is 6.12. The summed E-state index contributed by atoms with van der Waals surface area (Å²) in [7, 11) is 0. The number of anilines is 1. The van der Waals surface area contributed by atoms with Crippen molar-refractivity contribution in [1.29, 1.82) is 0 Å². The lowest BCUT2D eigenvalue weighted by Crippen LogP contribution is -2.17. The predicted octanol–water partition coefficient (Wildman–Crippen LogP) is 4.96. The van der Waals surface area contributed by atoms with Crippen molar-refractivity contribution in [2.45, 2.75) is 12.6 Å². The summed E-state index contributed by atoms with van der Waals surface area (Å²) < 4.78 is 67.4. The first-order chi connectivity index (χ1) is 14.2. The molecule has 2 aromatic carbocycles. The molecule has 30 heavy (non-hydrogen) atoms. The molecule has 0 aliphatic rings. The van der Waals surface area contributed by atoms with Gasteiger partial charge in [-0.05, 0) is 42.5 Å². The smallest absolute Gasteiger partial charge is 0.337 e. The van der Waals surface area contributed by atoms with Crippen molar-refractivity contribution in [3.8, 4) is 5.69 Å². The van der Waals surface area contributed by atoms with Crippen LogP contribution in [-0.2, 0) is 6.18 Å². The number of rotatable bonds is 4. The maximum Gasteiger partial charge on any atom is 0.418 e. The topological polar surface area (TPSA) is 75.6 Å². The summed E-state index contributed by atoms with van der Waals surface area (Å²) in [6.45, 7) is 0. The lowest BCUT2D eigenvalue weighted by molar-refractivity contribution is -0.136. The van der Waals surface area contributed by atoms with Crippen molar-refractivity contribution >= 4 is 22.6 Å². The molecule has 0 atom stereocenters. The van der Waals surface area contributed by atoms with Gasteiger partial charge >= 0.3 is 6.18 Å². The predicted molar refractivity (Wildman–Crippen MR) is 97.6 cm³/mol. The van der Waals surface area contributed by atoms with Gasteiger partial charge in [0.15, 0.2) is 5.82 Å². The molecule has 0 radical (unpaired) electrons. The van der Waals surface area contributed by atoms with E-state index in [0.29, 0.717) is 0 Å². The molecule has 0 bridgehead atoms. The number of amides is 1. The number of hydrogen-bond acceptors (Lipinski definition) is 3. The molecule has 6 nitrogen and oxygen atoms in total. The lowest BCUT2D eigenvalue weighted by Gasteiger charge is -2.15. The molecular weight excluding hydrogens is 409 g/mol. The zero-order chi connectivity index (χ0) is 21.5. The number of aromatic nitrogens is 4. The average molecular weight is 421 g/mol. The number of aromatic amines is 1. The molecule has 0 saturated carbocycles. The van der Waals surface area contributed by atoms with Gasteiger partial charge in [0, 0.05) is 18.0 Å². The molecular formula is C19H12F5N5O. The Morgan fingerprint density at radius 2 is 1.93 bits per heavy atom. The van der Waals surface area contributed by atoms with E-state index in [9.17, 15) is 26.7 Å². The highest BCUT2D eigenvalue weighted by atomic mass is 19.4. The van der Waals surface area contributed by atoms with Crippen LogP contribution in [0.3, 0.4) is 0 Å². The Kier molecular flexibility index (Phi) is 4.72. The molecule has 4 aromatic rings. The number of halogens is 5. The average Bonchev–Trinajstić information content (AvgIpc) is 3.36. The number of carbonyl (C=O) groups excluding carboxylic acids is 1. The molecule has 0 aliphatic carbocycles. The number of nitrogens with one attached hydrogen (secondary N) is 2. The maximum absolute atomic E-state index is 13.5. The molecule has 2 aromatic heterocycles. The van der Waals surface area contributed by atoms with Crippen molar-refractivity contribution in [1.82, 2.24) is 19.7 Å². The fourth-order valence-electron chi connectivity index (χ4n) is 2.91. The van der Waals surface area contributed by atoms with Crippen LogP contribution in [0.25, 0.3) is 16.7 Å². The van der Waals surface area contributed by atoms with Crippen LogP contribution < -0.4 is 5.32 Å². The maximum atomic E-state index is 13.5. The highest BCUT2D eigenvalue weighted by Gasteiger charge is 2.34. The van der Waals surface area contributed by atoms with Gasteiger partial charge in [0.2, 0.25) is 0 Å². The number of fused-ring (bicyclic) bond motifs is 1. The van der Waals surface area contributed by atoms with Crippen LogP contribution in [0.2, 0.25) is 0 Å². The molecule has 0 unspecified atom stereocenters. The van der Waals surface area contributed by atoms with E-state index in [1.54, 1.807) is 6.07 Å². The van der Waals surface area contributed by atoms with Crippen LogP contribution >= 0.6 is 0 Å². The van der Waals surface area contributed by atoms with Gasteiger partial charge in [0.05, 0.1) is 28.0 Å². The highest BCUT2D eigenvalue weighted by molar-refractivity contribution is 6.06. The summed E-state index contributed by atoms with van der Waals surface area (Å²) in [6.07, 6.45) is -4.64. The van der Waals surface area contributed by atoms with Crippen LogP contribution in [0, 0.1) is 0 Å². The summed E-state index contributed by atoms with van der Waals surface area (Å²) in [5.74, 6) is -1.39. The SMILES string of the molecule is O=C(Nc1ccc(-n2cccn2)cc1C(F)(F)F)c1ccc2nc(C(F)F)[nH]c2c1. The van der Waals surface area contributed by atoms with E-state index in [1.165, 1.54) is 41.3 Å². The third-order valence-electron chi connectivity index (χ3n) is 4.29. The van der Waals surface area contributed by atoms with Crippen LogP contribution in [0.1, 0.15) is 28.2 Å². The molecule has 4 rings (SSSR count). The van der Waals surface area contributed by atoms with Crippen molar-refractivity contribution < 1.29 is 26.7 Å². The van der Waals surface area contributed by atoms with Crippen LogP contribution in [0.5, 0.6) is 0 Å². The van der Waals surface area contributed by atoms with Gasteiger partial charge in [-0.2, -0.15) is 18.3 Å². The van der Waals surface area contributed by atoms with Gasteiger partial charge in [-0.3, -0.25) is 4.79 Å². The van der Waals surface area contributed by atoms with Gasteiger partial charge in [-0.25, -0.2) is 18.4 Å². The number of benzene rings is 2. The molecule has 2 heterocycles. The van der Waals surface area contributed by atoms with E-state index in [-0.39, 0.29) is 22.3 Å². The number of carbonyl (C=O) groups is 1. The molecule has 0 spiro atoms. The second-order valence-corrected chi connectivity index (χ2v) is 6.29. The van der Waals surface area contributed by atoms with Crippen LogP contribution in [0.4, 0.5) is 27.6 Å². The second-order valence-electron chi connectivity index (χ2n) is 6.29. The first-order valence-electron chi connectivity index (χ1n) is 8.53. The minimum absolute atomic E-state index is 0.0174. The fraction of sp³-hybridized carbons (Fsp3) is 0.105. The van der Waals surface area contributed by atoms with Gasteiger partial charge in [0.25, 0.3) is 12.3 Å². The number of imidazole rings is 1.